The lowest BCUT2D eigenvalue weighted by atomic mass is 10.1. The van der Waals surface area contributed by atoms with Crippen LogP contribution < -0.4 is 0 Å². The smallest absolute Gasteiger partial charge is 0.240 e. The molecule has 4 heteroatoms. The Hall–Kier alpha value is -0.540. The van der Waals surface area contributed by atoms with Crippen molar-refractivity contribution in [2.75, 3.05) is 6.54 Å². The Balaban J connectivity index is 2.11. The first kappa shape index (κ1) is 9.99. The first-order chi connectivity index (χ1) is 6.68. The van der Waals surface area contributed by atoms with Gasteiger partial charge in [0.15, 0.2) is 0 Å². The first-order valence-electron chi connectivity index (χ1n) is 4.66. The number of halogens is 1. The van der Waals surface area contributed by atoms with Crippen LogP contribution in [0, 0.1) is 0 Å². The van der Waals surface area contributed by atoms with Crippen molar-refractivity contribution in [3.63, 3.8) is 0 Å². The normalized spacial score (nSPS) is 17.7. The highest BCUT2D eigenvalue weighted by Gasteiger charge is 2.23. The van der Waals surface area contributed by atoms with Gasteiger partial charge >= 0.3 is 0 Å². The van der Waals surface area contributed by atoms with Crippen molar-refractivity contribution in [1.29, 1.82) is 0 Å². The highest BCUT2D eigenvalue weighted by atomic mass is 35.5. The summed E-state index contributed by atoms with van der Waals surface area (Å²) in [5.74, 6) is 0.0449. The third-order valence-electron chi connectivity index (χ3n) is 2.46. The average Bonchev–Trinajstić information content (AvgIpc) is 2.62. The van der Waals surface area contributed by atoms with E-state index in [4.69, 9.17) is 11.6 Å². The molecule has 0 bridgehead atoms. The topological polar surface area (TPSA) is 20.3 Å². The molecule has 2 heterocycles. The van der Waals surface area contributed by atoms with Crippen molar-refractivity contribution >= 4 is 28.8 Å². The van der Waals surface area contributed by atoms with Gasteiger partial charge in [-0.2, -0.15) is 0 Å². The maximum Gasteiger partial charge on any atom is 0.240 e. The van der Waals surface area contributed by atoms with Crippen molar-refractivity contribution in [1.82, 2.24) is 4.90 Å². The number of thiophene rings is 1. The highest BCUT2D eigenvalue weighted by molar-refractivity contribution is 7.10. The van der Waals surface area contributed by atoms with E-state index in [-0.39, 0.29) is 5.91 Å². The Morgan fingerprint density at radius 2 is 2.50 bits per heavy atom. The third-order valence-corrected chi connectivity index (χ3v) is 3.67. The molecule has 0 fully saturated rings. The van der Waals surface area contributed by atoms with E-state index in [1.807, 2.05) is 4.90 Å². The molecule has 14 heavy (non-hydrogen) atoms. The number of carbonyl (C=O) groups excluding carboxylic acids is 1. The molecule has 2 rings (SSSR count). The monoisotopic (exact) mass is 229 g/mol. The largest absolute Gasteiger partial charge is 0.337 e. The van der Waals surface area contributed by atoms with Crippen LogP contribution in [0.3, 0.4) is 0 Å². The maximum absolute atomic E-state index is 11.6. The van der Waals surface area contributed by atoms with Gasteiger partial charge in [-0.3, -0.25) is 4.79 Å². The summed E-state index contributed by atoms with van der Waals surface area (Å²) >= 11 is 7.55. The molecule has 0 aliphatic carbocycles. The predicted molar refractivity (Wildman–Crippen MR) is 58.8 cm³/mol. The molecule has 0 spiro atoms. The lowest BCUT2D eigenvalue weighted by molar-refractivity contribution is -0.131. The predicted octanol–water partition coefficient (Wildman–Crippen LogP) is 2.26. The van der Waals surface area contributed by atoms with Gasteiger partial charge in [-0.05, 0) is 30.4 Å². The zero-order valence-electron chi connectivity index (χ0n) is 8.00. The minimum absolute atomic E-state index is 0.0449. The van der Waals surface area contributed by atoms with Gasteiger partial charge in [0.1, 0.15) is 5.38 Å². The van der Waals surface area contributed by atoms with E-state index in [1.165, 1.54) is 10.4 Å². The highest BCUT2D eigenvalue weighted by Crippen LogP contribution is 2.24. The molecular weight excluding hydrogens is 218 g/mol. The van der Waals surface area contributed by atoms with Gasteiger partial charge in [0.05, 0.1) is 0 Å². The fourth-order valence-corrected chi connectivity index (χ4v) is 2.72. The summed E-state index contributed by atoms with van der Waals surface area (Å²) in [6.07, 6.45) is 0.975. The van der Waals surface area contributed by atoms with E-state index in [2.05, 4.69) is 11.4 Å². The molecule has 2 nitrogen and oxygen atoms in total. The fraction of sp³-hybridized carbons (Fsp3) is 0.500. The SMILES string of the molecule is C[C@@H](Cl)C(=O)N1CCc2sccc2C1. The molecule has 1 aliphatic rings. The number of carbonyl (C=O) groups is 1. The number of alkyl halides is 1. The van der Waals surface area contributed by atoms with Gasteiger partial charge in [0, 0.05) is 18.0 Å². The van der Waals surface area contributed by atoms with Gasteiger partial charge in [0.25, 0.3) is 0 Å². The second-order valence-electron chi connectivity index (χ2n) is 3.49. The molecule has 1 atom stereocenters. The molecule has 1 aromatic heterocycles. The van der Waals surface area contributed by atoms with Crippen LogP contribution in [0.1, 0.15) is 17.4 Å². The van der Waals surface area contributed by atoms with E-state index in [9.17, 15) is 4.79 Å². The fourth-order valence-electron chi connectivity index (χ4n) is 1.69. The molecule has 1 amide bonds. The Morgan fingerprint density at radius 1 is 1.71 bits per heavy atom. The summed E-state index contributed by atoms with van der Waals surface area (Å²) in [4.78, 5) is 14.9. The van der Waals surface area contributed by atoms with Crippen LogP contribution >= 0.6 is 22.9 Å². The molecule has 1 aliphatic heterocycles. The second-order valence-corrected chi connectivity index (χ2v) is 5.15. The van der Waals surface area contributed by atoms with Crippen molar-refractivity contribution in [3.05, 3.63) is 21.9 Å². The van der Waals surface area contributed by atoms with Crippen LogP contribution in [0.15, 0.2) is 11.4 Å². The summed E-state index contributed by atoms with van der Waals surface area (Å²) < 4.78 is 0. The number of rotatable bonds is 1. The zero-order valence-corrected chi connectivity index (χ0v) is 9.57. The van der Waals surface area contributed by atoms with E-state index in [0.717, 1.165) is 19.5 Å². The maximum atomic E-state index is 11.6. The summed E-state index contributed by atoms with van der Waals surface area (Å²) in [5.41, 5.74) is 1.28. The number of amides is 1. The van der Waals surface area contributed by atoms with E-state index in [1.54, 1.807) is 18.3 Å². The molecule has 0 radical (unpaired) electrons. The summed E-state index contributed by atoms with van der Waals surface area (Å²) in [5, 5.41) is 1.68. The van der Waals surface area contributed by atoms with Crippen LogP contribution in [0.2, 0.25) is 0 Å². The molecule has 0 saturated carbocycles. The second kappa shape index (κ2) is 3.91. The minimum atomic E-state index is -0.407. The summed E-state index contributed by atoms with van der Waals surface area (Å²) in [7, 11) is 0. The van der Waals surface area contributed by atoms with Crippen LogP contribution in [0.4, 0.5) is 0 Å². The lowest BCUT2D eigenvalue weighted by Gasteiger charge is -2.27. The Bertz CT molecular complexity index is 348. The van der Waals surface area contributed by atoms with Crippen LogP contribution in [-0.4, -0.2) is 22.7 Å². The Labute approximate surface area is 92.5 Å². The Morgan fingerprint density at radius 3 is 3.21 bits per heavy atom. The number of fused-ring (bicyclic) bond motifs is 1. The van der Waals surface area contributed by atoms with E-state index >= 15 is 0 Å². The summed E-state index contributed by atoms with van der Waals surface area (Å²) in [6.45, 7) is 3.27. The van der Waals surface area contributed by atoms with Gasteiger partial charge in [0.2, 0.25) is 5.91 Å². The van der Waals surface area contributed by atoms with Crippen molar-refractivity contribution in [2.45, 2.75) is 25.3 Å². The van der Waals surface area contributed by atoms with E-state index < -0.39 is 5.38 Å². The van der Waals surface area contributed by atoms with Gasteiger partial charge in [-0.25, -0.2) is 0 Å². The van der Waals surface area contributed by atoms with Crippen LogP contribution in [0.5, 0.6) is 0 Å². The minimum Gasteiger partial charge on any atom is -0.337 e. The molecular formula is C10H12ClNOS. The molecule has 0 saturated heterocycles. The first-order valence-corrected chi connectivity index (χ1v) is 5.98. The van der Waals surface area contributed by atoms with Gasteiger partial charge in [-0.1, -0.05) is 0 Å². The average molecular weight is 230 g/mol. The van der Waals surface area contributed by atoms with Crippen molar-refractivity contribution in [2.24, 2.45) is 0 Å². The molecule has 0 N–H and O–H groups in total. The molecule has 1 aromatic rings. The number of nitrogens with zero attached hydrogens (tertiary/aromatic N) is 1. The van der Waals surface area contributed by atoms with E-state index in [0.29, 0.717) is 0 Å². The summed E-state index contributed by atoms with van der Waals surface area (Å²) in [6, 6.07) is 2.10. The van der Waals surface area contributed by atoms with Gasteiger partial charge < -0.3 is 4.90 Å². The number of hydrogen-bond donors (Lipinski definition) is 0. The Kier molecular flexibility index (Phi) is 2.79. The molecule has 0 aromatic carbocycles. The quantitative estimate of drug-likeness (QED) is 0.677. The van der Waals surface area contributed by atoms with Crippen LogP contribution in [-0.2, 0) is 17.8 Å². The lowest BCUT2D eigenvalue weighted by Crippen LogP contribution is -2.38. The van der Waals surface area contributed by atoms with Crippen LogP contribution in [0.25, 0.3) is 0 Å². The molecule has 76 valence electrons. The standard InChI is InChI=1S/C10H12ClNOS/c1-7(11)10(13)12-4-2-9-8(6-12)3-5-14-9/h3,5,7H,2,4,6H2,1H3/t7-/m1/s1. The molecule has 0 unspecified atom stereocenters. The number of hydrogen-bond acceptors (Lipinski definition) is 2. The van der Waals surface area contributed by atoms with Crippen molar-refractivity contribution in [3.8, 4) is 0 Å². The third kappa shape index (κ3) is 1.79. The van der Waals surface area contributed by atoms with Gasteiger partial charge in [-0.15, -0.1) is 22.9 Å². The van der Waals surface area contributed by atoms with Crippen molar-refractivity contribution < 1.29 is 4.79 Å². The zero-order chi connectivity index (χ0) is 10.1.